The molecule has 0 bridgehead atoms. The molecule has 0 amide bonds. The Kier molecular flexibility index (Phi) is 4.11. The van der Waals surface area contributed by atoms with Crippen molar-refractivity contribution in [2.24, 2.45) is 5.73 Å². The van der Waals surface area contributed by atoms with Crippen LogP contribution in [0.25, 0.3) is 0 Å². The normalized spacial score (nSPS) is 11.3. The first-order chi connectivity index (χ1) is 9.45. The van der Waals surface area contributed by atoms with E-state index in [1.807, 2.05) is 32.0 Å². The fraction of sp³-hybridized carbons (Fsp3) is 0.200. The summed E-state index contributed by atoms with van der Waals surface area (Å²) in [5, 5.41) is 0. The van der Waals surface area contributed by atoms with Crippen molar-refractivity contribution in [3.05, 3.63) is 59.2 Å². The summed E-state index contributed by atoms with van der Waals surface area (Å²) in [6, 6.07) is 12.4. The van der Waals surface area contributed by atoms with E-state index < -0.39 is 10.0 Å². The third-order valence-corrected chi connectivity index (χ3v) is 4.65. The van der Waals surface area contributed by atoms with Crippen molar-refractivity contribution in [2.75, 3.05) is 4.72 Å². The van der Waals surface area contributed by atoms with Crippen molar-refractivity contribution in [1.29, 1.82) is 0 Å². The minimum atomic E-state index is -3.63. The zero-order valence-electron chi connectivity index (χ0n) is 11.6. The van der Waals surface area contributed by atoms with Crippen molar-refractivity contribution in [3.8, 4) is 0 Å². The predicted molar refractivity (Wildman–Crippen MR) is 81.1 cm³/mol. The van der Waals surface area contributed by atoms with Crippen LogP contribution in [0.4, 0.5) is 5.69 Å². The zero-order valence-corrected chi connectivity index (χ0v) is 12.4. The molecule has 20 heavy (non-hydrogen) atoms. The van der Waals surface area contributed by atoms with E-state index in [4.69, 9.17) is 5.73 Å². The van der Waals surface area contributed by atoms with Gasteiger partial charge in [0.1, 0.15) is 0 Å². The van der Waals surface area contributed by atoms with E-state index in [1.165, 1.54) is 0 Å². The molecule has 4 nitrogen and oxygen atoms in total. The molecule has 0 radical (unpaired) electrons. The number of para-hydroxylation sites is 1. The summed E-state index contributed by atoms with van der Waals surface area (Å²) in [4.78, 5) is 0.227. The minimum absolute atomic E-state index is 0.184. The Balaban J connectivity index is 2.47. The Morgan fingerprint density at radius 2 is 1.60 bits per heavy atom. The molecular weight excluding hydrogens is 272 g/mol. The fourth-order valence-corrected chi connectivity index (χ4v) is 3.55. The number of nitrogens with one attached hydrogen (secondary N) is 1. The van der Waals surface area contributed by atoms with Gasteiger partial charge in [0.25, 0.3) is 10.0 Å². The van der Waals surface area contributed by atoms with E-state index in [9.17, 15) is 8.42 Å². The molecule has 5 heteroatoms. The highest BCUT2D eigenvalue weighted by molar-refractivity contribution is 7.92. The zero-order chi connectivity index (χ0) is 14.8. The van der Waals surface area contributed by atoms with Crippen molar-refractivity contribution >= 4 is 15.7 Å². The van der Waals surface area contributed by atoms with Gasteiger partial charge in [0.15, 0.2) is 0 Å². The van der Waals surface area contributed by atoms with Crippen LogP contribution in [0.1, 0.15) is 16.7 Å². The highest BCUT2D eigenvalue weighted by Crippen LogP contribution is 2.24. The number of rotatable bonds is 4. The molecule has 2 rings (SSSR count). The lowest BCUT2D eigenvalue weighted by molar-refractivity contribution is 0.600. The van der Waals surface area contributed by atoms with Crippen molar-refractivity contribution < 1.29 is 8.42 Å². The molecule has 3 N–H and O–H groups in total. The number of hydrogen-bond donors (Lipinski definition) is 2. The first-order valence-electron chi connectivity index (χ1n) is 6.32. The summed E-state index contributed by atoms with van der Waals surface area (Å²) < 4.78 is 27.7. The van der Waals surface area contributed by atoms with Crippen LogP contribution in [0.3, 0.4) is 0 Å². The molecule has 0 fully saturated rings. The highest BCUT2D eigenvalue weighted by atomic mass is 32.2. The molecule has 106 valence electrons. The summed E-state index contributed by atoms with van der Waals surface area (Å²) >= 11 is 0. The fourth-order valence-electron chi connectivity index (χ4n) is 2.10. The molecular formula is C15H18N2O2S. The van der Waals surface area contributed by atoms with E-state index >= 15 is 0 Å². The maximum absolute atomic E-state index is 12.5. The van der Waals surface area contributed by atoms with Crippen molar-refractivity contribution in [3.63, 3.8) is 0 Å². The topological polar surface area (TPSA) is 72.2 Å². The molecule has 0 saturated carbocycles. The molecule has 0 saturated heterocycles. The van der Waals surface area contributed by atoms with Crippen LogP contribution in [0.2, 0.25) is 0 Å². The quantitative estimate of drug-likeness (QED) is 0.909. The lowest BCUT2D eigenvalue weighted by Gasteiger charge is -2.15. The molecule has 0 aliphatic heterocycles. The SMILES string of the molecule is Cc1cccc(C)c1NS(=O)(=O)c1ccccc1CN. The highest BCUT2D eigenvalue weighted by Gasteiger charge is 2.19. The maximum Gasteiger partial charge on any atom is 0.262 e. The maximum atomic E-state index is 12.5. The number of nitrogens with two attached hydrogens (primary N) is 1. The molecule has 0 aromatic heterocycles. The summed E-state index contributed by atoms with van der Waals surface area (Å²) in [7, 11) is -3.63. The van der Waals surface area contributed by atoms with Crippen LogP contribution in [-0.4, -0.2) is 8.42 Å². The monoisotopic (exact) mass is 290 g/mol. The van der Waals surface area contributed by atoms with Crippen molar-refractivity contribution in [2.45, 2.75) is 25.3 Å². The van der Waals surface area contributed by atoms with E-state index in [0.29, 0.717) is 11.3 Å². The van der Waals surface area contributed by atoms with Crippen LogP contribution in [0.5, 0.6) is 0 Å². The average Bonchev–Trinajstić information content (AvgIpc) is 2.43. The van der Waals surface area contributed by atoms with Gasteiger partial charge in [-0.15, -0.1) is 0 Å². The van der Waals surface area contributed by atoms with Gasteiger partial charge >= 0.3 is 0 Å². The molecule has 0 unspecified atom stereocenters. The van der Waals surface area contributed by atoms with E-state index in [-0.39, 0.29) is 11.4 Å². The summed E-state index contributed by atoms with van der Waals surface area (Å²) in [6.45, 7) is 3.93. The van der Waals surface area contributed by atoms with E-state index in [2.05, 4.69) is 4.72 Å². The summed E-state index contributed by atoms with van der Waals surface area (Å²) in [5.74, 6) is 0. The van der Waals surface area contributed by atoms with Crippen LogP contribution < -0.4 is 10.5 Å². The van der Waals surface area contributed by atoms with Crippen LogP contribution in [-0.2, 0) is 16.6 Å². The standard InChI is InChI=1S/C15H18N2O2S/c1-11-6-5-7-12(2)15(11)17-20(18,19)14-9-4-3-8-13(14)10-16/h3-9,17H,10,16H2,1-2H3. The Hall–Kier alpha value is -1.85. The van der Waals surface area contributed by atoms with Gasteiger partial charge in [0.05, 0.1) is 10.6 Å². The van der Waals surface area contributed by atoms with Gasteiger partial charge in [-0.05, 0) is 36.6 Å². The van der Waals surface area contributed by atoms with Gasteiger partial charge in [0, 0.05) is 6.54 Å². The van der Waals surface area contributed by atoms with Crippen LogP contribution >= 0.6 is 0 Å². The second-order valence-electron chi connectivity index (χ2n) is 4.68. The smallest absolute Gasteiger partial charge is 0.262 e. The minimum Gasteiger partial charge on any atom is -0.326 e. The Morgan fingerprint density at radius 1 is 1.00 bits per heavy atom. The first kappa shape index (κ1) is 14.6. The van der Waals surface area contributed by atoms with Gasteiger partial charge in [0.2, 0.25) is 0 Å². The Bertz CT molecular complexity index is 704. The number of benzene rings is 2. The van der Waals surface area contributed by atoms with Gasteiger partial charge in [-0.25, -0.2) is 8.42 Å². The second-order valence-corrected chi connectivity index (χ2v) is 6.33. The van der Waals surface area contributed by atoms with Gasteiger partial charge in [-0.3, -0.25) is 4.72 Å². The predicted octanol–water partition coefficient (Wildman–Crippen LogP) is 2.56. The number of aryl methyl sites for hydroxylation is 2. The Morgan fingerprint density at radius 3 is 2.20 bits per heavy atom. The van der Waals surface area contributed by atoms with E-state index in [1.54, 1.807) is 24.3 Å². The van der Waals surface area contributed by atoms with Gasteiger partial charge in [-0.2, -0.15) is 0 Å². The molecule has 0 aliphatic rings. The molecule has 0 atom stereocenters. The number of anilines is 1. The molecule has 2 aromatic rings. The third kappa shape index (κ3) is 2.84. The van der Waals surface area contributed by atoms with Crippen LogP contribution in [0, 0.1) is 13.8 Å². The molecule has 0 aliphatic carbocycles. The molecule has 0 heterocycles. The lowest BCUT2D eigenvalue weighted by atomic mass is 10.1. The van der Waals surface area contributed by atoms with Gasteiger partial charge in [-0.1, -0.05) is 36.4 Å². The van der Waals surface area contributed by atoms with Crippen LogP contribution in [0.15, 0.2) is 47.4 Å². The van der Waals surface area contributed by atoms with Gasteiger partial charge < -0.3 is 5.73 Å². The van der Waals surface area contributed by atoms with E-state index in [0.717, 1.165) is 11.1 Å². The number of hydrogen-bond acceptors (Lipinski definition) is 3. The van der Waals surface area contributed by atoms with Crippen molar-refractivity contribution in [1.82, 2.24) is 0 Å². The molecule has 0 spiro atoms. The lowest BCUT2D eigenvalue weighted by Crippen LogP contribution is -2.17. The average molecular weight is 290 g/mol. The first-order valence-corrected chi connectivity index (χ1v) is 7.81. The third-order valence-electron chi connectivity index (χ3n) is 3.20. The largest absolute Gasteiger partial charge is 0.326 e. The molecule has 2 aromatic carbocycles. The summed E-state index contributed by atoms with van der Waals surface area (Å²) in [6.07, 6.45) is 0. The Labute approximate surface area is 119 Å². The summed E-state index contributed by atoms with van der Waals surface area (Å²) in [5.41, 5.74) is 8.61. The number of sulfonamides is 1. The second kappa shape index (κ2) is 5.64.